The largest absolute Gasteiger partial charge is 0.481 e. The van der Waals surface area contributed by atoms with E-state index >= 15 is 0 Å². The lowest BCUT2D eigenvalue weighted by Gasteiger charge is -2.27. The molecule has 0 spiro atoms. The number of halogens is 2. The van der Waals surface area contributed by atoms with E-state index in [0.29, 0.717) is 11.8 Å². The first-order valence-corrected chi connectivity index (χ1v) is 11.9. The van der Waals surface area contributed by atoms with Crippen LogP contribution in [0.5, 0.6) is 5.88 Å². The van der Waals surface area contributed by atoms with E-state index in [1.807, 2.05) is 6.92 Å². The lowest BCUT2D eigenvalue weighted by atomic mass is 9.84. The van der Waals surface area contributed by atoms with Gasteiger partial charge in [0.25, 0.3) is 5.91 Å². The topological polar surface area (TPSA) is 95.1 Å². The number of hydrogen-bond acceptors (Lipinski definition) is 7. The Hall–Kier alpha value is -3.60. The van der Waals surface area contributed by atoms with Crippen molar-refractivity contribution in [1.82, 2.24) is 25.2 Å². The molecule has 0 bridgehead atoms. The zero-order chi connectivity index (χ0) is 24.7. The highest BCUT2D eigenvalue weighted by atomic mass is 32.1. The average molecular weight is 500 g/mol. The first-order valence-electron chi connectivity index (χ1n) is 11.0. The van der Waals surface area contributed by atoms with Crippen LogP contribution >= 0.6 is 11.3 Å². The highest BCUT2D eigenvalue weighted by Crippen LogP contribution is 2.44. The highest BCUT2D eigenvalue weighted by Gasteiger charge is 2.39. The van der Waals surface area contributed by atoms with Gasteiger partial charge in [-0.3, -0.25) is 4.79 Å². The molecule has 4 aromatic rings. The van der Waals surface area contributed by atoms with Crippen LogP contribution < -0.4 is 10.1 Å². The van der Waals surface area contributed by atoms with Crippen LogP contribution in [0.15, 0.2) is 40.4 Å². The van der Waals surface area contributed by atoms with Gasteiger partial charge in [0, 0.05) is 42.6 Å². The van der Waals surface area contributed by atoms with E-state index in [1.165, 1.54) is 23.5 Å². The molecule has 1 amide bonds. The Kier molecular flexibility index (Phi) is 5.87. The van der Waals surface area contributed by atoms with E-state index in [9.17, 15) is 13.6 Å². The fourth-order valence-corrected chi connectivity index (χ4v) is 5.06. The first-order chi connectivity index (χ1) is 16.8. The lowest BCUT2D eigenvalue weighted by molar-refractivity contribution is 0.0938. The number of nitrogens with zero attached hydrogens (tertiary/aromatic N) is 4. The van der Waals surface area contributed by atoms with Crippen LogP contribution in [0, 0.1) is 11.6 Å². The van der Waals surface area contributed by atoms with Gasteiger partial charge in [0.05, 0.1) is 30.0 Å². The lowest BCUT2D eigenvalue weighted by Crippen LogP contribution is -2.39. The molecule has 0 aliphatic heterocycles. The maximum Gasteiger partial charge on any atom is 0.273 e. The monoisotopic (exact) mass is 499 g/mol. The fourth-order valence-electron chi connectivity index (χ4n) is 3.99. The summed E-state index contributed by atoms with van der Waals surface area (Å²) in [5.74, 6) is -0.926. The Morgan fingerprint density at radius 2 is 2.14 bits per heavy atom. The summed E-state index contributed by atoms with van der Waals surface area (Å²) in [6.45, 7) is 2.16. The van der Waals surface area contributed by atoms with Crippen LogP contribution in [0.1, 0.15) is 52.4 Å². The van der Waals surface area contributed by atoms with Crippen molar-refractivity contribution in [2.24, 2.45) is 7.05 Å². The van der Waals surface area contributed by atoms with Crippen LogP contribution in [0.4, 0.5) is 8.78 Å². The Balaban J connectivity index is 1.41. The zero-order valence-electron chi connectivity index (χ0n) is 19.3. The molecule has 1 saturated carbocycles. The van der Waals surface area contributed by atoms with Crippen LogP contribution in [0.3, 0.4) is 0 Å². The average Bonchev–Trinajstić information content (AvgIpc) is 3.23. The quantitative estimate of drug-likeness (QED) is 0.385. The third-order valence-electron chi connectivity index (χ3n) is 6.20. The van der Waals surface area contributed by atoms with Crippen molar-refractivity contribution in [3.63, 3.8) is 0 Å². The normalized spacial score (nSPS) is 15.1. The van der Waals surface area contributed by atoms with E-state index in [-0.39, 0.29) is 23.6 Å². The molecule has 11 heteroatoms. The van der Waals surface area contributed by atoms with Crippen molar-refractivity contribution in [3.05, 3.63) is 69.4 Å². The summed E-state index contributed by atoms with van der Waals surface area (Å²) in [7, 11) is 3.35. The van der Waals surface area contributed by atoms with E-state index in [1.54, 1.807) is 25.0 Å². The molecule has 1 N–H and O–H groups in total. The summed E-state index contributed by atoms with van der Waals surface area (Å²) in [5, 5.41) is 13.9. The van der Waals surface area contributed by atoms with E-state index in [0.717, 1.165) is 41.2 Å². The smallest absolute Gasteiger partial charge is 0.273 e. The van der Waals surface area contributed by atoms with Gasteiger partial charge in [-0.1, -0.05) is 5.16 Å². The van der Waals surface area contributed by atoms with E-state index < -0.39 is 23.0 Å². The molecule has 3 heterocycles. The molecule has 1 aromatic carbocycles. The molecule has 1 aliphatic rings. The molecule has 0 saturated heterocycles. The third kappa shape index (κ3) is 4.31. The third-order valence-corrected chi connectivity index (χ3v) is 7.33. The molecular formula is C24H23F2N5O3S. The molecule has 1 atom stereocenters. The van der Waals surface area contributed by atoms with Gasteiger partial charge in [0.2, 0.25) is 5.88 Å². The summed E-state index contributed by atoms with van der Waals surface area (Å²) in [6, 6.07) is 4.41. The van der Waals surface area contributed by atoms with Crippen LogP contribution in [-0.2, 0) is 12.5 Å². The van der Waals surface area contributed by atoms with Gasteiger partial charge in [-0.05, 0) is 31.9 Å². The molecule has 1 unspecified atom stereocenters. The summed E-state index contributed by atoms with van der Waals surface area (Å²) >= 11 is 1.54. The predicted octanol–water partition coefficient (Wildman–Crippen LogP) is 4.43. The SMILES string of the molecule is COc1c(C(C)(CNC(=O)c2cc(-c3ccc(F)cc3F)on2)c2nc(C3CC3)cs2)cnn1C. The second kappa shape index (κ2) is 8.88. The molecular weight excluding hydrogens is 476 g/mol. The summed E-state index contributed by atoms with van der Waals surface area (Å²) in [6.07, 6.45) is 3.99. The van der Waals surface area contributed by atoms with Crippen molar-refractivity contribution >= 4 is 17.2 Å². The van der Waals surface area contributed by atoms with Crippen LogP contribution in [-0.4, -0.2) is 39.5 Å². The van der Waals surface area contributed by atoms with Crippen LogP contribution in [0.2, 0.25) is 0 Å². The number of carbonyl (C=O) groups excluding carboxylic acids is 1. The van der Waals surface area contributed by atoms with E-state index in [4.69, 9.17) is 14.2 Å². The number of thiazole rings is 1. The van der Waals surface area contributed by atoms with Gasteiger partial charge in [0.15, 0.2) is 11.5 Å². The predicted molar refractivity (Wildman–Crippen MR) is 124 cm³/mol. The Morgan fingerprint density at radius 1 is 1.34 bits per heavy atom. The minimum atomic E-state index is -0.806. The fraction of sp³-hybridized carbons (Fsp3) is 0.333. The van der Waals surface area contributed by atoms with Crippen LogP contribution in [0.25, 0.3) is 11.3 Å². The number of nitrogens with one attached hydrogen (secondary N) is 1. The second-order valence-corrected chi connectivity index (χ2v) is 9.62. The maximum atomic E-state index is 14.1. The number of aryl methyl sites for hydroxylation is 1. The number of carbonyl (C=O) groups is 1. The van der Waals surface area contributed by atoms with Crippen molar-refractivity contribution in [1.29, 1.82) is 0 Å². The Bertz CT molecular complexity index is 1390. The van der Waals surface area contributed by atoms with Gasteiger partial charge >= 0.3 is 0 Å². The molecule has 8 nitrogen and oxygen atoms in total. The number of aromatic nitrogens is 4. The molecule has 0 radical (unpaired) electrons. The second-order valence-electron chi connectivity index (χ2n) is 8.76. The van der Waals surface area contributed by atoms with Crippen molar-refractivity contribution in [3.8, 4) is 17.2 Å². The number of rotatable bonds is 8. The Morgan fingerprint density at radius 3 is 2.86 bits per heavy atom. The maximum absolute atomic E-state index is 14.1. The van der Waals surface area contributed by atoms with E-state index in [2.05, 4.69) is 21.0 Å². The molecule has 182 valence electrons. The van der Waals surface area contributed by atoms with Gasteiger partial charge < -0.3 is 14.6 Å². The van der Waals surface area contributed by atoms with Gasteiger partial charge in [-0.2, -0.15) is 5.10 Å². The summed E-state index contributed by atoms with van der Waals surface area (Å²) in [5.41, 5.74) is 1.10. The number of amides is 1. The van der Waals surface area contributed by atoms with Gasteiger partial charge in [-0.25, -0.2) is 18.4 Å². The zero-order valence-corrected chi connectivity index (χ0v) is 20.2. The first kappa shape index (κ1) is 23.2. The number of benzene rings is 1. The van der Waals surface area contributed by atoms with Crippen molar-refractivity contribution in [2.45, 2.75) is 31.1 Å². The standard InChI is InChI=1S/C24H23F2N5O3S/c1-24(16-10-28-31(2)22(16)33-3,23-29-19(11-35-23)13-4-5-13)12-27-21(32)18-9-20(34-30-18)15-7-6-14(25)8-17(15)26/h6-11,13H,4-5,12H2,1-3H3,(H,27,32). The molecule has 1 fully saturated rings. The minimum absolute atomic E-state index is 0.0123. The molecule has 5 rings (SSSR count). The number of methoxy groups -OCH3 is 1. The van der Waals surface area contributed by atoms with Crippen molar-refractivity contribution in [2.75, 3.05) is 13.7 Å². The van der Waals surface area contributed by atoms with Gasteiger partial charge in [-0.15, -0.1) is 11.3 Å². The summed E-state index contributed by atoms with van der Waals surface area (Å²) in [4.78, 5) is 17.8. The molecule has 3 aromatic heterocycles. The molecule has 1 aliphatic carbocycles. The molecule has 35 heavy (non-hydrogen) atoms. The number of hydrogen-bond donors (Lipinski definition) is 1. The minimum Gasteiger partial charge on any atom is -0.481 e. The highest BCUT2D eigenvalue weighted by molar-refractivity contribution is 7.09. The number of ether oxygens (including phenoxy) is 1. The summed E-state index contributed by atoms with van der Waals surface area (Å²) < 4.78 is 39.7. The van der Waals surface area contributed by atoms with Crippen molar-refractivity contribution < 1.29 is 22.8 Å². The van der Waals surface area contributed by atoms with Gasteiger partial charge in [0.1, 0.15) is 16.6 Å². The Labute approximate surface area is 203 Å².